The number of fused-ring (bicyclic) bond motifs is 1. The molecule has 0 saturated carbocycles. The molecular weight excluding hydrogens is 313 g/mol. The molecule has 0 aliphatic rings. The Balaban J connectivity index is 1.81. The van der Waals surface area contributed by atoms with Gasteiger partial charge in [0.05, 0.1) is 17.4 Å². The Hall–Kier alpha value is -3.48. The SMILES string of the molecule is O=C(O)C=Cc1ccc(NC(=O)c2cc(F)cc3[nH]cnc23)cc1. The molecule has 1 amide bonds. The number of anilines is 1. The highest BCUT2D eigenvalue weighted by atomic mass is 19.1. The van der Waals surface area contributed by atoms with Crippen molar-refractivity contribution in [2.75, 3.05) is 5.32 Å². The normalized spacial score (nSPS) is 11.0. The molecule has 0 bridgehead atoms. The van der Waals surface area contributed by atoms with Gasteiger partial charge in [0.2, 0.25) is 0 Å². The summed E-state index contributed by atoms with van der Waals surface area (Å²) in [7, 11) is 0. The van der Waals surface area contributed by atoms with Gasteiger partial charge in [-0.1, -0.05) is 12.1 Å². The average molecular weight is 325 g/mol. The number of amides is 1. The minimum absolute atomic E-state index is 0.126. The predicted molar refractivity (Wildman–Crippen MR) is 87.1 cm³/mol. The van der Waals surface area contributed by atoms with Crippen LogP contribution in [0.1, 0.15) is 15.9 Å². The van der Waals surface area contributed by atoms with Crippen LogP contribution in [0, 0.1) is 5.82 Å². The topological polar surface area (TPSA) is 95.1 Å². The first-order chi connectivity index (χ1) is 11.5. The van der Waals surface area contributed by atoms with Crippen molar-refractivity contribution in [1.82, 2.24) is 9.97 Å². The number of aromatic amines is 1. The molecule has 0 aliphatic carbocycles. The molecule has 0 saturated heterocycles. The summed E-state index contributed by atoms with van der Waals surface area (Å²) in [5, 5.41) is 11.2. The molecule has 7 heteroatoms. The van der Waals surface area contributed by atoms with E-state index >= 15 is 0 Å². The van der Waals surface area contributed by atoms with E-state index < -0.39 is 17.7 Å². The molecule has 0 atom stereocenters. The standard InChI is InChI=1S/C17H12FN3O3/c18-11-7-13(16-14(8-11)19-9-20-16)17(24)21-12-4-1-10(2-5-12)3-6-15(22)23/h1-9H,(H,19,20)(H,21,24)(H,22,23). The van der Waals surface area contributed by atoms with E-state index in [2.05, 4.69) is 15.3 Å². The second-order valence-electron chi connectivity index (χ2n) is 5.00. The van der Waals surface area contributed by atoms with Crippen molar-refractivity contribution in [3.8, 4) is 0 Å². The molecule has 2 aromatic carbocycles. The molecule has 6 nitrogen and oxygen atoms in total. The van der Waals surface area contributed by atoms with Gasteiger partial charge >= 0.3 is 5.97 Å². The maximum absolute atomic E-state index is 13.6. The number of hydrogen-bond donors (Lipinski definition) is 3. The Morgan fingerprint density at radius 1 is 1.21 bits per heavy atom. The lowest BCUT2D eigenvalue weighted by atomic mass is 10.1. The van der Waals surface area contributed by atoms with Crippen LogP contribution in [-0.4, -0.2) is 27.0 Å². The summed E-state index contributed by atoms with van der Waals surface area (Å²) in [5.41, 5.74) is 2.13. The number of imidazole rings is 1. The minimum atomic E-state index is -1.04. The molecule has 0 fully saturated rings. The number of carbonyl (C=O) groups is 2. The summed E-state index contributed by atoms with van der Waals surface area (Å²) >= 11 is 0. The monoisotopic (exact) mass is 325 g/mol. The summed E-state index contributed by atoms with van der Waals surface area (Å²) in [6.45, 7) is 0. The minimum Gasteiger partial charge on any atom is -0.478 e. The molecule has 24 heavy (non-hydrogen) atoms. The van der Waals surface area contributed by atoms with Gasteiger partial charge in [0, 0.05) is 11.8 Å². The second kappa shape index (κ2) is 6.33. The molecule has 0 spiro atoms. The number of nitrogens with zero attached hydrogens (tertiary/aromatic N) is 1. The predicted octanol–water partition coefficient (Wildman–Crippen LogP) is 3.05. The highest BCUT2D eigenvalue weighted by Crippen LogP contribution is 2.19. The molecule has 0 unspecified atom stereocenters. The first kappa shape index (κ1) is 15.4. The van der Waals surface area contributed by atoms with E-state index in [1.807, 2.05) is 0 Å². The Kier molecular flexibility index (Phi) is 4.07. The van der Waals surface area contributed by atoms with Gasteiger partial charge in [-0.3, -0.25) is 4.79 Å². The average Bonchev–Trinajstić information content (AvgIpc) is 3.01. The number of aromatic nitrogens is 2. The van der Waals surface area contributed by atoms with Crippen molar-refractivity contribution in [2.45, 2.75) is 0 Å². The van der Waals surface area contributed by atoms with Gasteiger partial charge in [-0.15, -0.1) is 0 Å². The summed E-state index contributed by atoms with van der Waals surface area (Å²) in [4.78, 5) is 29.6. The molecule has 3 aromatic rings. The fraction of sp³-hybridized carbons (Fsp3) is 0. The smallest absolute Gasteiger partial charge is 0.328 e. The van der Waals surface area contributed by atoms with Crippen LogP contribution < -0.4 is 5.32 Å². The number of carbonyl (C=O) groups excluding carboxylic acids is 1. The number of hydrogen-bond acceptors (Lipinski definition) is 3. The number of carboxylic acid groups (broad SMARTS) is 1. The number of H-pyrrole nitrogens is 1. The summed E-state index contributed by atoms with van der Waals surface area (Å²) < 4.78 is 13.6. The Morgan fingerprint density at radius 3 is 2.67 bits per heavy atom. The van der Waals surface area contributed by atoms with Gasteiger partial charge in [-0.05, 0) is 35.9 Å². The Bertz CT molecular complexity index is 945. The highest BCUT2D eigenvalue weighted by molar-refractivity contribution is 6.11. The highest BCUT2D eigenvalue weighted by Gasteiger charge is 2.14. The second-order valence-corrected chi connectivity index (χ2v) is 5.00. The summed E-state index contributed by atoms with van der Waals surface area (Å²) in [6.07, 6.45) is 3.85. The maximum Gasteiger partial charge on any atom is 0.328 e. The van der Waals surface area contributed by atoms with Gasteiger partial charge in [-0.25, -0.2) is 14.2 Å². The number of benzene rings is 2. The van der Waals surface area contributed by atoms with Gasteiger partial charge in [0.15, 0.2) is 0 Å². The van der Waals surface area contributed by atoms with E-state index in [-0.39, 0.29) is 5.56 Å². The number of carboxylic acids is 1. The van der Waals surface area contributed by atoms with E-state index in [1.165, 1.54) is 18.5 Å². The van der Waals surface area contributed by atoms with Crippen LogP contribution in [0.4, 0.5) is 10.1 Å². The first-order valence-electron chi connectivity index (χ1n) is 6.98. The number of nitrogens with one attached hydrogen (secondary N) is 2. The maximum atomic E-state index is 13.6. The summed E-state index contributed by atoms with van der Waals surface area (Å²) in [6, 6.07) is 8.96. The largest absolute Gasteiger partial charge is 0.478 e. The number of rotatable bonds is 4. The van der Waals surface area contributed by atoms with Crippen molar-refractivity contribution in [1.29, 1.82) is 0 Å². The third kappa shape index (κ3) is 3.30. The first-order valence-corrected chi connectivity index (χ1v) is 6.98. The molecule has 0 radical (unpaired) electrons. The molecular formula is C17H12FN3O3. The fourth-order valence-corrected chi connectivity index (χ4v) is 2.23. The third-order valence-corrected chi connectivity index (χ3v) is 3.32. The van der Waals surface area contributed by atoms with E-state index in [9.17, 15) is 14.0 Å². The van der Waals surface area contributed by atoms with Gasteiger partial charge in [0.25, 0.3) is 5.91 Å². The number of halogens is 1. The van der Waals surface area contributed by atoms with E-state index in [4.69, 9.17) is 5.11 Å². The molecule has 120 valence electrons. The Morgan fingerprint density at radius 2 is 1.96 bits per heavy atom. The van der Waals surface area contributed by atoms with Crippen LogP contribution in [0.5, 0.6) is 0 Å². The lowest BCUT2D eigenvalue weighted by Crippen LogP contribution is -2.12. The lowest BCUT2D eigenvalue weighted by Gasteiger charge is -2.06. The van der Waals surface area contributed by atoms with Crippen molar-refractivity contribution >= 4 is 34.7 Å². The lowest BCUT2D eigenvalue weighted by molar-refractivity contribution is -0.131. The molecule has 0 aliphatic heterocycles. The van der Waals surface area contributed by atoms with Crippen LogP contribution in [0.15, 0.2) is 48.8 Å². The quantitative estimate of drug-likeness (QED) is 0.643. The van der Waals surface area contributed by atoms with Crippen LogP contribution in [0.25, 0.3) is 17.1 Å². The van der Waals surface area contributed by atoms with E-state index in [0.29, 0.717) is 22.3 Å². The van der Waals surface area contributed by atoms with Crippen LogP contribution in [0.3, 0.4) is 0 Å². The zero-order chi connectivity index (χ0) is 17.1. The van der Waals surface area contributed by atoms with Crippen molar-refractivity contribution < 1.29 is 19.1 Å². The van der Waals surface area contributed by atoms with Crippen LogP contribution >= 0.6 is 0 Å². The molecule has 1 heterocycles. The van der Waals surface area contributed by atoms with Crippen LogP contribution in [-0.2, 0) is 4.79 Å². The molecule has 1 aromatic heterocycles. The van der Waals surface area contributed by atoms with Gasteiger partial charge in [-0.2, -0.15) is 0 Å². The van der Waals surface area contributed by atoms with Crippen LogP contribution in [0.2, 0.25) is 0 Å². The molecule has 3 rings (SSSR count). The van der Waals surface area contributed by atoms with E-state index in [1.54, 1.807) is 24.3 Å². The van der Waals surface area contributed by atoms with Crippen molar-refractivity contribution in [3.05, 3.63) is 65.7 Å². The van der Waals surface area contributed by atoms with E-state index in [0.717, 1.165) is 12.1 Å². The fourth-order valence-electron chi connectivity index (χ4n) is 2.23. The zero-order valence-electron chi connectivity index (χ0n) is 12.3. The zero-order valence-corrected chi connectivity index (χ0v) is 12.3. The van der Waals surface area contributed by atoms with Gasteiger partial charge in [0.1, 0.15) is 11.3 Å². The molecule has 3 N–H and O–H groups in total. The Labute approximate surface area is 135 Å². The van der Waals surface area contributed by atoms with Gasteiger partial charge < -0.3 is 15.4 Å². The number of aliphatic carboxylic acids is 1. The summed E-state index contributed by atoms with van der Waals surface area (Å²) in [5.74, 6) is -2.06. The van der Waals surface area contributed by atoms with Crippen molar-refractivity contribution in [3.63, 3.8) is 0 Å². The van der Waals surface area contributed by atoms with Crippen molar-refractivity contribution in [2.24, 2.45) is 0 Å². The third-order valence-electron chi connectivity index (χ3n) is 3.32.